The van der Waals surface area contributed by atoms with Crippen LogP contribution in [0.3, 0.4) is 0 Å². The standard InChI is InChI=1S/C10H7F3N2.C10H9NO3.C6H12/c11-10(12,13)9-5-7(14)6-3-1-2-4-8(6)15-9;1-13-7-4-2-3-6-5-8(10(11)12)14-9(6)7;1-2-4-6-5-3-1/h1-5H,(H2,14,15);2-5H,1H3,(H2,11,12);1-6H2. The van der Waals surface area contributed by atoms with Crippen LogP contribution < -0.4 is 16.2 Å². The monoisotopic (exact) mass is 487 g/mol. The molecule has 6 nitrogen and oxygen atoms in total. The van der Waals surface area contributed by atoms with Crippen LogP contribution in [0.25, 0.3) is 21.9 Å². The van der Waals surface area contributed by atoms with Crippen molar-refractivity contribution >= 4 is 33.5 Å². The largest absolute Gasteiger partial charge is 0.493 e. The Hall–Kier alpha value is -3.75. The fourth-order valence-electron chi connectivity index (χ4n) is 3.73. The minimum absolute atomic E-state index is 0.0907. The molecule has 2 heterocycles. The number of hydrogen-bond acceptors (Lipinski definition) is 5. The number of anilines is 1. The van der Waals surface area contributed by atoms with Gasteiger partial charge in [-0.1, -0.05) is 68.9 Å². The second-order valence-electron chi connectivity index (χ2n) is 8.09. The Bertz CT molecular complexity index is 1270. The molecule has 1 aliphatic carbocycles. The molecule has 0 aliphatic heterocycles. The van der Waals surface area contributed by atoms with E-state index in [9.17, 15) is 18.0 Å². The molecule has 0 radical (unpaired) electrons. The highest BCUT2D eigenvalue weighted by molar-refractivity contribution is 5.96. The van der Waals surface area contributed by atoms with Crippen molar-refractivity contribution in [3.63, 3.8) is 0 Å². The summed E-state index contributed by atoms with van der Waals surface area (Å²) in [5.41, 5.74) is 10.5. The van der Waals surface area contributed by atoms with Gasteiger partial charge in [-0.2, -0.15) is 13.2 Å². The van der Waals surface area contributed by atoms with Crippen molar-refractivity contribution < 1.29 is 27.1 Å². The van der Waals surface area contributed by atoms with E-state index in [0.717, 1.165) is 11.5 Å². The molecular weight excluding hydrogens is 459 g/mol. The first kappa shape index (κ1) is 25.9. The number of nitrogens with zero attached hydrogens (tertiary/aromatic N) is 1. The predicted octanol–water partition coefficient (Wildman–Crippen LogP) is 6.72. The van der Waals surface area contributed by atoms with E-state index in [4.69, 9.17) is 20.6 Å². The van der Waals surface area contributed by atoms with Crippen LogP contribution in [0.1, 0.15) is 54.8 Å². The van der Waals surface area contributed by atoms with Crippen LogP contribution in [0.5, 0.6) is 5.75 Å². The number of hydrogen-bond donors (Lipinski definition) is 2. The third-order valence-electron chi connectivity index (χ3n) is 5.51. The number of alkyl halides is 3. The minimum Gasteiger partial charge on any atom is -0.493 e. The van der Waals surface area contributed by atoms with Crippen LogP contribution in [0.4, 0.5) is 18.9 Å². The van der Waals surface area contributed by atoms with Crippen molar-refractivity contribution in [1.29, 1.82) is 0 Å². The average Bonchev–Trinajstić information content (AvgIpc) is 3.31. The number of fused-ring (bicyclic) bond motifs is 2. The predicted molar refractivity (Wildman–Crippen MR) is 130 cm³/mol. The quantitative estimate of drug-likeness (QED) is 0.327. The van der Waals surface area contributed by atoms with Crippen molar-refractivity contribution in [2.75, 3.05) is 12.8 Å². The Labute approximate surface area is 201 Å². The van der Waals surface area contributed by atoms with Gasteiger partial charge in [-0.05, 0) is 24.3 Å². The molecule has 5 rings (SSSR count). The number of carbonyl (C=O) groups is 1. The number of furan rings is 1. The molecule has 0 saturated heterocycles. The number of para-hydroxylation sites is 2. The molecular formula is C26H28F3N3O3. The van der Waals surface area contributed by atoms with E-state index in [1.54, 1.807) is 37.4 Å². The van der Waals surface area contributed by atoms with E-state index in [-0.39, 0.29) is 17.0 Å². The van der Waals surface area contributed by atoms with Crippen molar-refractivity contribution in [3.05, 3.63) is 66.1 Å². The molecule has 9 heteroatoms. The van der Waals surface area contributed by atoms with Crippen molar-refractivity contribution in [1.82, 2.24) is 4.98 Å². The molecule has 1 amide bonds. The fraction of sp³-hybridized carbons (Fsp3) is 0.308. The van der Waals surface area contributed by atoms with Gasteiger partial charge in [0.05, 0.1) is 12.6 Å². The van der Waals surface area contributed by atoms with E-state index < -0.39 is 17.8 Å². The summed E-state index contributed by atoms with van der Waals surface area (Å²) in [5, 5.41) is 1.34. The molecule has 0 spiro atoms. The van der Waals surface area contributed by atoms with Gasteiger partial charge >= 0.3 is 6.18 Å². The zero-order valence-electron chi connectivity index (χ0n) is 19.4. The third kappa shape index (κ3) is 6.88. The first-order valence-electron chi connectivity index (χ1n) is 11.3. The summed E-state index contributed by atoms with van der Waals surface area (Å²) in [5.74, 6) is 0.155. The summed E-state index contributed by atoms with van der Waals surface area (Å²) in [6.07, 6.45) is 4.54. The SMILES string of the molecule is C1CCCCC1.COc1cccc2cc(C(N)=O)oc12.Nc1cc(C(F)(F)F)nc2ccccc12. The number of methoxy groups -OCH3 is 1. The minimum atomic E-state index is -4.46. The Morgan fingerprint density at radius 2 is 1.60 bits per heavy atom. The molecule has 0 bridgehead atoms. The van der Waals surface area contributed by atoms with Gasteiger partial charge in [0.1, 0.15) is 5.69 Å². The highest BCUT2D eigenvalue weighted by atomic mass is 19.4. The number of carbonyl (C=O) groups excluding carboxylic acids is 1. The molecule has 1 aliphatic rings. The van der Waals surface area contributed by atoms with Gasteiger partial charge in [0.15, 0.2) is 17.1 Å². The van der Waals surface area contributed by atoms with Crippen LogP contribution in [-0.2, 0) is 6.18 Å². The van der Waals surface area contributed by atoms with Crippen LogP contribution in [0.15, 0.2) is 59.0 Å². The van der Waals surface area contributed by atoms with Crippen LogP contribution in [0.2, 0.25) is 0 Å². The van der Waals surface area contributed by atoms with Crippen molar-refractivity contribution in [2.45, 2.75) is 44.7 Å². The summed E-state index contributed by atoms with van der Waals surface area (Å²) in [6.45, 7) is 0. The first-order chi connectivity index (χ1) is 16.7. The van der Waals surface area contributed by atoms with Crippen molar-refractivity contribution in [2.24, 2.45) is 5.73 Å². The number of aromatic nitrogens is 1. The topological polar surface area (TPSA) is 104 Å². The van der Waals surface area contributed by atoms with Gasteiger partial charge in [0.25, 0.3) is 5.91 Å². The summed E-state index contributed by atoms with van der Waals surface area (Å²) < 4.78 is 47.5. The number of nitrogen functional groups attached to an aromatic ring is 1. The number of primary amides is 1. The second kappa shape index (κ2) is 11.6. The second-order valence-corrected chi connectivity index (χ2v) is 8.09. The van der Waals surface area contributed by atoms with Gasteiger partial charge in [-0.15, -0.1) is 0 Å². The summed E-state index contributed by atoms with van der Waals surface area (Å²) >= 11 is 0. The average molecular weight is 488 g/mol. The summed E-state index contributed by atoms with van der Waals surface area (Å²) in [7, 11) is 1.54. The Kier molecular flexibility index (Phi) is 8.57. The molecule has 2 aromatic heterocycles. The molecule has 35 heavy (non-hydrogen) atoms. The maximum absolute atomic E-state index is 12.4. The lowest BCUT2D eigenvalue weighted by molar-refractivity contribution is -0.140. The van der Waals surface area contributed by atoms with E-state index in [1.165, 1.54) is 44.6 Å². The highest BCUT2D eigenvalue weighted by Crippen LogP contribution is 2.31. The first-order valence-corrected chi connectivity index (χ1v) is 11.3. The number of benzene rings is 2. The molecule has 1 saturated carbocycles. The van der Waals surface area contributed by atoms with Gasteiger partial charge in [0.2, 0.25) is 0 Å². The third-order valence-corrected chi connectivity index (χ3v) is 5.51. The lowest BCUT2D eigenvalue weighted by atomic mass is 10.0. The molecule has 0 atom stereocenters. The number of amides is 1. The maximum Gasteiger partial charge on any atom is 0.433 e. The molecule has 0 unspecified atom stereocenters. The zero-order chi connectivity index (χ0) is 25.4. The molecule has 1 fully saturated rings. The number of pyridine rings is 1. The lowest BCUT2D eigenvalue weighted by Crippen LogP contribution is -2.08. The number of ether oxygens (including phenoxy) is 1. The normalized spacial score (nSPS) is 13.4. The van der Waals surface area contributed by atoms with Crippen LogP contribution >= 0.6 is 0 Å². The van der Waals surface area contributed by atoms with Crippen LogP contribution in [0, 0.1) is 0 Å². The Balaban J connectivity index is 0.000000159. The van der Waals surface area contributed by atoms with Gasteiger partial charge in [-0.25, -0.2) is 4.98 Å². The summed E-state index contributed by atoms with van der Waals surface area (Å²) in [6, 6.07) is 14.3. The number of rotatable bonds is 2. The van der Waals surface area contributed by atoms with Gasteiger partial charge in [-0.3, -0.25) is 4.79 Å². The van der Waals surface area contributed by atoms with E-state index in [0.29, 0.717) is 16.7 Å². The lowest BCUT2D eigenvalue weighted by Gasteiger charge is -2.08. The zero-order valence-corrected chi connectivity index (χ0v) is 19.4. The van der Waals surface area contributed by atoms with E-state index in [2.05, 4.69) is 4.98 Å². The van der Waals surface area contributed by atoms with Gasteiger partial charge in [0, 0.05) is 16.5 Å². The molecule has 186 valence electrons. The highest BCUT2D eigenvalue weighted by Gasteiger charge is 2.33. The molecule has 2 aromatic carbocycles. The number of nitrogens with two attached hydrogens (primary N) is 2. The molecule has 4 N–H and O–H groups in total. The van der Waals surface area contributed by atoms with E-state index >= 15 is 0 Å². The molecule has 4 aromatic rings. The summed E-state index contributed by atoms with van der Waals surface area (Å²) in [4.78, 5) is 14.4. The Morgan fingerprint density at radius 3 is 2.17 bits per heavy atom. The van der Waals surface area contributed by atoms with Crippen LogP contribution in [-0.4, -0.2) is 18.0 Å². The Morgan fingerprint density at radius 1 is 0.971 bits per heavy atom. The fourth-order valence-corrected chi connectivity index (χ4v) is 3.73. The van der Waals surface area contributed by atoms with Crippen molar-refractivity contribution in [3.8, 4) is 5.75 Å². The van der Waals surface area contributed by atoms with E-state index in [1.807, 2.05) is 12.1 Å². The number of halogens is 3. The smallest absolute Gasteiger partial charge is 0.433 e. The van der Waals surface area contributed by atoms with Gasteiger partial charge < -0.3 is 20.6 Å². The maximum atomic E-state index is 12.4.